The number of non-ortho nitro benzene ring substituents is 1. The second-order valence-electron chi connectivity index (χ2n) is 5.57. The summed E-state index contributed by atoms with van der Waals surface area (Å²) in [5, 5.41) is 13.7. The Labute approximate surface area is 160 Å². The van der Waals surface area contributed by atoms with Gasteiger partial charge in [0.2, 0.25) is 0 Å². The Morgan fingerprint density at radius 2 is 1.89 bits per heavy atom. The Bertz CT molecular complexity index is 853. The van der Waals surface area contributed by atoms with Crippen LogP contribution >= 0.6 is 11.6 Å². The minimum absolute atomic E-state index is 0.0912. The van der Waals surface area contributed by atoms with Gasteiger partial charge in [0, 0.05) is 22.8 Å². The van der Waals surface area contributed by atoms with Crippen molar-refractivity contribution in [2.75, 3.05) is 11.9 Å². The van der Waals surface area contributed by atoms with Crippen LogP contribution in [0.15, 0.2) is 42.5 Å². The molecule has 0 saturated carbocycles. The van der Waals surface area contributed by atoms with Crippen LogP contribution in [0.1, 0.15) is 12.5 Å². The van der Waals surface area contributed by atoms with Crippen LogP contribution in [0.25, 0.3) is 0 Å². The maximum Gasteiger partial charge on any atom is 0.344 e. The number of amides is 1. The third kappa shape index (κ3) is 5.68. The van der Waals surface area contributed by atoms with E-state index < -0.39 is 29.5 Å². The molecule has 0 heterocycles. The molecule has 142 valence electrons. The third-order valence-electron chi connectivity index (χ3n) is 3.61. The molecule has 0 radical (unpaired) electrons. The topological polar surface area (TPSA) is 108 Å². The van der Waals surface area contributed by atoms with E-state index in [-0.39, 0.29) is 11.4 Å². The van der Waals surface area contributed by atoms with Gasteiger partial charge in [0.15, 0.2) is 12.7 Å². The van der Waals surface area contributed by atoms with Gasteiger partial charge in [-0.25, -0.2) is 4.79 Å². The lowest BCUT2D eigenvalue weighted by Crippen LogP contribution is -2.31. The molecule has 9 heteroatoms. The number of halogens is 1. The monoisotopic (exact) mass is 392 g/mol. The van der Waals surface area contributed by atoms with E-state index in [2.05, 4.69) is 5.32 Å². The number of benzene rings is 2. The van der Waals surface area contributed by atoms with Crippen LogP contribution in [0.5, 0.6) is 5.75 Å². The third-order valence-corrected chi connectivity index (χ3v) is 4.02. The number of anilines is 1. The molecule has 0 unspecified atom stereocenters. The normalized spacial score (nSPS) is 11.4. The number of ether oxygens (including phenoxy) is 2. The van der Waals surface area contributed by atoms with E-state index in [0.717, 1.165) is 0 Å². The van der Waals surface area contributed by atoms with Crippen molar-refractivity contribution in [2.24, 2.45) is 0 Å². The van der Waals surface area contributed by atoms with Crippen molar-refractivity contribution in [3.63, 3.8) is 0 Å². The molecular weight excluding hydrogens is 376 g/mol. The van der Waals surface area contributed by atoms with E-state index in [9.17, 15) is 19.7 Å². The average molecular weight is 393 g/mol. The first-order chi connectivity index (χ1) is 12.8. The van der Waals surface area contributed by atoms with Gasteiger partial charge >= 0.3 is 5.97 Å². The fraction of sp³-hybridized carbons (Fsp3) is 0.222. The lowest BCUT2D eigenvalue weighted by molar-refractivity contribution is -0.384. The highest BCUT2D eigenvalue weighted by Crippen LogP contribution is 2.23. The van der Waals surface area contributed by atoms with Gasteiger partial charge in [0.05, 0.1) is 4.92 Å². The number of hydrogen-bond donors (Lipinski definition) is 1. The Kier molecular flexibility index (Phi) is 6.73. The van der Waals surface area contributed by atoms with Gasteiger partial charge in [-0.3, -0.25) is 14.9 Å². The van der Waals surface area contributed by atoms with E-state index in [4.69, 9.17) is 21.1 Å². The van der Waals surface area contributed by atoms with E-state index in [1.807, 2.05) is 0 Å². The zero-order valence-electron chi connectivity index (χ0n) is 14.6. The van der Waals surface area contributed by atoms with Gasteiger partial charge < -0.3 is 14.8 Å². The molecule has 0 aliphatic rings. The lowest BCUT2D eigenvalue weighted by Gasteiger charge is -2.15. The first-order valence-corrected chi connectivity index (χ1v) is 8.28. The molecule has 2 rings (SSSR count). The van der Waals surface area contributed by atoms with E-state index in [1.165, 1.54) is 31.2 Å². The van der Waals surface area contributed by atoms with Crippen LogP contribution in [-0.2, 0) is 14.3 Å². The predicted octanol–water partition coefficient (Wildman–Crippen LogP) is 3.51. The largest absolute Gasteiger partial charge is 0.482 e. The maximum atomic E-state index is 12.2. The lowest BCUT2D eigenvalue weighted by atomic mass is 10.2. The highest BCUT2D eigenvalue weighted by Gasteiger charge is 2.19. The quantitative estimate of drug-likeness (QED) is 0.439. The minimum atomic E-state index is -1.05. The smallest absolute Gasteiger partial charge is 0.344 e. The summed E-state index contributed by atoms with van der Waals surface area (Å²) in [4.78, 5) is 34.0. The zero-order chi connectivity index (χ0) is 20.0. The second kappa shape index (κ2) is 9.00. The number of carbonyl (C=O) groups excluding carboxylic acids is 2. The van der Waals surface area contributed by atoms with Crippen molar-refractivity contribution >= 4 is 34.9 Å². The number of nitrogens with zero attached hydrogens (tertiary/aromatic N) is 1. The summed E-state index contributed by atoms with van der Waals surface area (Å²) in [6.07, 6.45) is -1.05. The van der Waals surface area contributed by atoms with Crippen LogP contribution in [0.3, 0.4) is 0 Å². The summed E-state index contributed by atoms with van der Waals surface area (Å²) in [5.74, 6) is -0.993. The molecule has 0 saturated heterocycles. The van der Waals surface area contributed by atoms with Crippen LogP contribution in [-0.4, -0.2) is 29.5 Å². The van der Waals surface area contributed by atoms with Crippen molar-refractivity contribution in [3.8, 4) is 5.75 Å². The summed E-state index contributed by atoms with van der Waals surface area (Å²) in [5.41, 5.74) is 1.14. The number of carbonyl (C=O) groups is 2. The first kappa shape index (κ1) is 20.2. The van der Waals surface area contributed by atoms with E-state index >= 15 is 0 Å². The Morgan fingerprint density at radius 3 is 2.52 bits per heavy atom. The van der Waals surface area contributed by atoms with Gasteiger partial charge in [-0.15, -0.1) is 0 Å². The van der Waals surface area contributed by atoms with Crippen LogP contribution < -0.4 is 10.1 Å². The fourth-order valence-electron chi connectivity index (χ4n) is 2.07. The number of esters is 1. The summed E-state index contributed by atoms with van der Waals surface area (Å²) < 4.78 is 10.2. The molecule has 0 spiro atoms. The average Bonchev–Trinajstić information content (AvgIpc) is 2.64. The fourth-order valence-corrected chi connectivity index (χ4v) is 2.24. The predicted molar refractivity (Wildman–Crippen MR) is 99.0 cm³/mol. The molecule has 0 fully saturated rings. The molecule has 0 aliphatic heterocycles. The van der Waals surface area contributed by atoms with E-state index in [1.54, 1.807) is 25.1 Å². The zero-order valence-corrected chi connectivity index (χ0v) is 15.4. The molecule has 0 aliphatic carbocycles. The number of hydrogen-bond acceptors (Lipinski definition) is 6. The molecule has 27 heavy (non-hydrogen) atoms. The number of rotatable bonds is 7. The Hall–Kier alpha value is -3.13. The van der Waals surface area contributed by atoms with Gasteiger partial charge in [-0.1, -0.05) is 17.7 Å². The standard InChI is InChI=1S/C18H17ClN2O6/c1-11-15(19)4-3-5-16(11)20-18(23)12(2)27-17(22)10-26-14-8-6-13(7-9-14)21(24)25/h3-9,12H,10H2,1-2H3,(H,20,23)/t12-/m0/s1. The van der Waals surface area contributed by atoms with Gasteiger partial charge in [0.25, 0.3) is 11.6 Å². The summed E-state index contributed by atoms with van der Waals surface area (Å²) in [6, 6.07) is 10.3. The summed E-state index contributed by atoms with van der Waals surface area (Å²) in [7, 11) is 0. The SMILES string of the molecule is Cc1c(Cl)cccc1NC(=O)[C@H](C)OC(=O)COc1ccc([N+](=O)[O-])cc1. The molecule has 2 aromatic carbocycles. The summed E-state index contributed by atoms with van der Waals surface area (Å²) in [6.45, 7) is 2.75. The molecule has 1 atom stereocenters. The van der Waals surface area contributed by atoms with Crippen molar-refractivity contribution in [3.05, 3.63) is 63.2 Å². The number of nitro benzene ring substituents is 1. The van der Waals surface area contributed by atoms with Crippen LogP contribution in [0.4, 0.5) is 11.4 Å². The molecule has 8 nitrogen and oxygen atoms in total. The van der Waals surface area contributed by atoms with E-state index in [0.29, 0.717) is 16.3 Å². The van der Waals surface area contributed by atoms with Crippen molar-refractivity contribution in [1.29, 1.82) is 0 Å². The van der Waals surface area contributed by atoms with Gasteiger partial charge in [0.1, 0.15) is 5.75 Å². The van der Waals surface area contributed by atoms with Gasteiger partial charge in [-0.05, 0) is 43.7 Å². The van der Waals surface area contributed by atoms with Crippen LogP contribution in [0, 0.1) is 17.0 Å². The maximum absolute atomic E-state index is 12.2. The van der Waals surface area contributed by atoms with Crippen molar-refractivity contribution < 1.29 is 24.0 Å². The van der Waals surface area contributed by atoms with Gasteiger partial charge in [-0.2, -0.15) is 0 Å². The molecule has 1 N–H and O–H groups in total. The Morgan fingerprint density at radius 1 is 1.22 bits per heavy atom. The van der Waals surface area contributed by atoms with Crippen molar-refractivity contribution in [1.82, 2.24) is 0 Å². The van der Waals surface area contributed by atoms with Crippen LogP contribution in [0.2, 0.25) is 5.02 Å². The number of nitro groups is 1. The molecular formula is C18H17ClN2O6. The highest BCUT2D eigenvalue weighted by molar-refractivity contribution is 6.31. The molecule has 2 aromatic rings. The Balaban J connectivity index is 1.84. The summed E-state index contributed by atoms with van der Waals surface area (Å²) >= 11 is 6.00. The number of nitrogens with one attached hydrogen (secondary N) is 1. The molecule has 0 bridgehead atoms. The minimum Gasteiger partial charge on any atom is -0.482 e. The second-order valence-corrected chi connectivity index (χ2v) is 5.98. The van der Waals surface area contributed by atoms with Crippen molar-refractivity contribution in [2.45, 2.75) is 20.0 Å². The molecule has 1 amide bonds. The highest BCUT2D eigenvalue weighted by atomic mass is 35.5. The first-order valence-electron chi connectivity index (χ1n) is 7.90. The molecule has 0 aromatic heterocycles.